The summed E-state index contributed by atoms with van der Waals surface area (Å²) < 4.78 is 41.3. The highest BCUT2D eigenvalue weighted by molar-refractivity contribution is 7.91. The fraction of sp³-hybridized carbons (Fsp3) is 0.235. The summed E-state index contributed by atoms with van der Waals surface area (Å²) >= 11 is 1.00. The second-order valence-corrected chi connectivity index (χ2v) is 8.97. The average Bonchev–Trinajstić information content (AvgIpc) is 3.29. The fourth-order valence-corrected chi connectivity index (χ4v) is 4.02. The molecular formula is C17H17FN4O4S2. The van der Waals surface area contributed by atoms with Crippen LogP contribution in [0.5, 0.6) is 0 Å². The number of hydrogen-bond acceptors (Lipinski definition) is 7. The summed E-state index contributed by atoms with van der Waals surface area (Å²) in [5.74, 6) is -0.101. The van der Waals surface area contributed by atoms with Crippen molar-refractivity contribution >= 4 is 27.3 Å². The molecule has 148 valence electrons. The van der Waals surface area contributed by atoms with Gasteiger partial charge in [0.2, 0.25) is 27.6 Å². The third-order valence-corrected chi connectivity index (χ3v) is 6.36. The van der Waals surface area contributed by atoms with E-state index in [1.54, 1.807) is 25.1 Å². The standard InChI is InChI=1S/C17H17FN4O4S2/c1-10-2-3-11(8-13(10)18)17-21-15(26-22-17)6-5-14(23)20-9-12-4-7-16(27-12)28(19,24)25/h2-4,7-8H,5-6,9H2,1H3,(H,20,23)(H2,19,24,25). The van der Waals surface area contributed by atoms with Crippen LogP contribution in [-0.4, -0.2) is 24.5 Å². The van der Waals surface area contributed by atoms with Gasteiger partial charge in [0.25, 0.3) is 0 Å². The van der Waals surface area contributed by atoms with Gasteiger partial charge in [-0.15, -0.1) is 11.3 Å². The second kappa shape index (κ2) is 8.17. The predicted octanol–water partition coefficient (Wildman–Crippen LogP) is 2.14. The van der Waals surface area contributed by atoms with Gasteiger partial charge in [0.05, 0.1) is 6.54 Å². The van der Waals surface area contributed by atoms with Crippen molar-refractivity contribution in [2.24, 2.45) is 5.14 Å². The molecule has 3 rings (SSSR count). The van der Waals surface area contributed by atoms with E-state index in [1.807, 2.05) is 0 Å². The Bertz CT molecular complexity index is 1110. The molecule has 1 aromatic carbocycles. The van der Waals surface area contributed by atoms with Crippen LogP contribution < -0.4 is 10.5 Å². The maximum absolute atomic E-state index is 13.6. The van der Waals surface area contributed by atoms with Gasteiger partial charge in [-0.3, -0.25) is 4.79 Å². The molecule has 0 aliphatic rings. The molecule has 0 bridgehead atoms. The van der Waals surface area contributed by atoms with Crippen LogP contribution in [0.4, 0.5) is 4.39 Å². The number of hydrogen-bond donors (Lipinski definition) is 2. The van der Waals surface area contributed by atoms with E-state index in [0.29, 0.717) is 16.0 Å². The number of rotatable bonds is 7. The normalized spacial score (nSPS) is 11.5. The summed E-state index contributed by atoms with van der Waals surface area (Å²) in [6, 6.07) is 7.63. The summed E-state index contributed by atoms with van der Waals surface area (Å²) in [6.07, 6.45) is 0.331. The fourth-order valence-electron chi connectivity index (χ4n) is 2.31. The molecule has 2 aromatic heterocycles. The molecule has 0 aliphatic carbocycles. The number of carbonyl (C=O) groups is 1. The van der Waals surface area contributed by atoms with Crippen LogP contribution in [0, 0.1) is 12.7 Å². The molecule has 0 atom stereocenters. The van der Waals surface area contributed by atoms with E-state index in [-0.39, 0.29) is 47.0 Å². The molecule has 2 heterocycles. The zero-order valence-electron chi connectivity index (χ0n) is 14.8. The molecule has 11 heteroatoms. The summed E-state index contributed by atoms with van der Waals surface area (Å²) in [7, 11) is -3.74. The van der Waals surface area contributed by atoms with Crippen LogP contribution in [0.1, 0.15) is 22.8 Å². The molecule has 0 radical (unpaired) electrons. The lowest BCUT2D eigenvalue weighted by Crippen LogP contribution is -2.22. The first-order chi connectivity index (χ1) is 13.2. The third-order valence-electron chi connectivity index (χ3n) is 3.84. The Hall–Kier alpha value is -2.63. The number of nitrogens with one attached hydrogen (secondary N) is 1. The number of aryl methyl sites for hydroxylation is 2. The van der Waals surface area contributed by atoms with Gasteiger partial charge >= 0.3 is 0 Å². The van der Waals surface area contributed by atoms with Crippen molar-refractivity contribution in [3.63, 3.8) is 0 Å². The Labute approximate surface area is 164 Å². The maximum atomic E-state index is 13.6. The van der Waals surface area contributed by atoms with Crippen LogP contribution in [-0.2, 0) is 27.8 Å². The summed E-state index contributed by atoms with van der Waals surface area (Å²) in [6.45, 7) is 1.85. The Morgan fingerprint density at radius 1 is 1.32 bits per heavy atom. The number of halogens is 1. The highest BCUT2D eigenvalue weighted by Crippen LogP contribution is 2.21. The van der Waals surface area contributed by atoms with E-state index in [1.165, 1.54) is 12.1 Å². The third kappa shape index (κ3) is 5.00. The van der Waals surface area contributed by atoms with Gasteiger partial charge < -0.3 is 9.84 Å². The lowest BCUT2D eigenvalue weighted by atomic mass is 10.1. The van der Waals surface area contributed by atoms with Crippen molar-refractivity contribution in [2.45, 2.75) is 30.5 Å². The molecule has 3 aromatic rings. The minimum Gasteiger partial charge on any atom is -0.351 e. The van der Waals surface area contributed by atoms with Crippen LogP contribution in [0.2, 0.25) is 0 Å². The summed E-state index contributed by atoms with van der Waals surface area (Å²) in [5, 5.41) is 11.5. The molecule has 28 heavy (non-hydrogen) atoms. The number of nitrogens with two attached hydrogens (primary N) is 1. The van der Waals surface area contributed by atoms with E-state index in [4.69, 9.17) is 9.66 Å². The number of amides is 1. The van der Waals surface area contributed by atoms with Crippen LogP contribution in [0.25, 0.3) is 11.4 Å². The van der Waals surface area contributed by atoms with Gasteiger partial charge in [-0.1, -0.05) is 17.3 Å². The molecule has 0 saturated heterocycles. The van der Waals surface area contributed by atoms with Gasteiger partial charge in [-0.05, 0) is 30.7 Å². The van der Waals surface area contributed by atoms with Crippen molar-refractivity contribution in [3.8, 4) is 11.4 Å². The van der Waals surface area contributed by atoms with Gasteiger partial charge in [0.1, 0.15) is 10.0 Å². The highest BCUT2D eigenvalue weighted by Gasteiger charge is 2.14. The van der Waals surface area contributed by atoms with Gasteiger partial charge in [-0.25, -0.2) is 17.9 Å². The first-order valence-electron chi connectivity index (χ1n) is 8.19. The number of primary sulfonamides is 1. The van der Waals surface area contributed by atoms with Crippen molar-refractivity contribution < 1.29 is 22.1 Å². The number of aromatic nitrogens is 2. The number of benzene rings is 1. The molecule has 3 N–H and O–H groups in total. The number of nitrogens with zero attached hydrogens (tertiary/aromatic N) is 2. The average molecular weight is 424 g/mol. The minimum absolute atomic E-state index is 0.0441. The lowest BCUT2D eigenvalue weighted by Gasteiger charge is -2.01. The van der Waals surface area contributed by atoms with E-state index in [2.05, 4.69) is 15.5 Å². The van der Waals surface area contributed by atoms with Crippen LogP contribution in [0.3, 0.4) is 0 Å². The smallest absolute Gasteiger partial charge is 0.247 e. The van der Waals surface area contributed by atoms with Crippen LogP contribution in [0.15, 0.2) is 39.1 Å². The topological polar surface area (TPSA) is 128 Å². The van der Waals surface area contributed by atoms with Gasteiger partial charge in [-0.2, -0.15) is 4.98 Å². The van der Waals surface area contributed by atoms with Gasteiger partial charge in [0, 0.05) is 23.3 Å². The van der Waals surface area contributed by atoms with Crippen molar-refractivity contribution in [1.82, 2.24) is 15.5 Å². The van der Waals surface area contributed by atoms with Crippen molar-refractivity contribution in [2.75, 3.05) is 0 Å². The molecular weight excluding hydrogens is 407 g/mol. The first-order valence-corrected chi connectivity index (χ1v) is 10.6. The molecule has 1 amide bonds. The SMILES string of the molecule is Cc1ccc(-c2noc(CCC(=O)NCc3ccc(S(N)(=O)=O)s3)n2)cc1F. The van der Waals surface area contributed by atoms with E-state index in [9.17, 15) is 17.6 Å². The predicted molar refractivity (Wildman–Crippen MR) is 100 cm³/mol. The quantitative estimate of drug-likeness (QED) is 0.598. The first kappa shape index (κ1) is 20.1. The van der Waals surface area contributed by atoms with E-state index in [0.717, 1.165) is 11.3 Å². The molecule has 8 nitrogen and oxygen atoms in total. The monoisotopic (exact) mass is 424 g/mol. The molecule has 0 unspecified atom stereocenters. The zero-order chi connectivity index (χ0) is 20.3. The largest absolute Gasteiger partial charge is 0.351 e. The Morgan fingerprint density at radius 2 is 2.11 bits per heavy atom. The minimum atomic E-state index is -3.74. The Kier molecular flexibility index (Phi) is 5.87. The van der Waals surface area contributed by atoms with E-state index < -0.39 is 10.0 Å². The number of thiophene rings is 1. The maximum Gasteiger partial charge on any atom is 0.247 e. The zero-order valence-corrected chi connectivity index (χ0v) is 16.4. The summed E-state index contributed by atoms with van der Waals surface area (Å²) in [4.78, 5) is 16.8. The molecule has 0 fully saturated rings. The molecule has 0 saturated carbocycles. The van der Waals surface area contributed by atoms with Crippen molar-refractivity contribution in [3.05, 3.63) is 52.5 Å². The number of sulfonamides is 1. The number of carbonyl (C=O) groups excluding carboxylic acids is 1. The molecule has 0 spiro atoms. The van der Waals surface area contributed by atoms with E-state index >= 15 is 0 Å². The lowest BCUT2D eigenvalue weighted by molar-refractivity contribution is -0.121. The summed E-state index contributed by atoms with van der Waals surface area (Å²) in [5.41, 5.74) is 1.01. The van der Waals surface area contributed by atoms with Gasteiger partial charge in [0.15, 0.2) is 0 Å². The second-order valence-electron chi connectivity index (χ2n) is 6.02. The Morgan fingerprint density at radius 3 is 2.79 bits per heavy atom. The van der Waals surface area contributed by atoms with Crippen LogP contribution >= 0.6 is 11.3 Å². The Balaban J connectivity index is 1.52. The molecule has 0 aliphatic heterocycles. The highest BCUT2D eigenvalue weighted by atomic mass is 32.2. The van der Waals surface area contributed by atoms with Crippen molar-refractivity contribution in [1.29, 1.82) is 0 Å².